The molecule has 0 unspecified atom stereocenters. The predicted octanol–water partition coefficient (Wildman–Crippen LogP) is 4.06. The van der Waals surface area contributed by atoms with E-state index in [-0.39, 0.29) is 0 Å². The summed E-state index contributed by atoms with van der Waals surface area (Å²) >= 11 is 0. The van der Waals surface area contributed by atoms with E-state index in [1.807, 2.05) is 41.9 Å². The molecule has 26 heavy (non-hydrogen) atoms. The number of ether oxygens (including phenoxy) is 1. The Morgan fingerprint density at radius 3 is 2.85 bits per heavy atom. The van der Waals surface area contributed by atoms with Gasteiger partial charge >= 0.3 is 0 Å². The van der Waals surface area contributed by atoms with Gasteiger partial charge < -0.3 is 4.74 Å². The van der Waals surface area contributed by atoms with Gasteiger partial charge in [0.25, 0.3) is 0 Å². The number of nitrogens with zero attached hydrogens (tertiary/aromatic N) is 3. The maximum atomic E-state index is 6.08. The largest absolute Gasteiger partial charge is 0.487 e. The molecule has 0 spiro atoms. The predicted molar refractivity (Wildman–Crippen MR) is 104 cm³/mol. The number of hydrogen-bond donors (Lipinski definition) is 1. The average Bonchev–Trinajstić information content (AvgIpc) is 3.01. The molecular formula is C21H20N4O. The van der Waals surface area contributed by atoms with Crippen molar-refractivity contribution in [1.29, 1.82) is 0 Å². The second-order valence-electron chi connectivity index (χ2n) is 6.13. The minimum Gasteiger partial charge on any atom is -0.487 e. The van der Waals surface area contributed by atoms with Crippen LogP contribution in [-0.4, -0.2) is 16.5 Å². The van der Waals surface area contributed by atoms with Crippen molar-refractivity contribution in [2.75, 3.05) is 0 Å². The minimum absolute atomic E-state index is 0.495. The second-order valence-corrected chi connectivity index (χ2v) is 6.13. The first-order valence-corrected chi connectivity index (χ1v) is 8.55. The Bertz CT molecular complexity index is 973. The molecule has 1 aromatic heterocycles. The lowest BCUT2D eigenvalue weighted by Crippen LogP contribution is -2.05. The molecule has 5 heteroatoms. The highest BCUT2D eigenvalue weighted by atomic mass is 16.5. The summed E-state index contributed by atoms with van der Waals surface area (Å²) in [6, 6.07) is 18.5. The summed E-state index contributed by atoms with van der Waals surface area (Å²) < 4.78 is 8.10. The van der Waals surface area contributed by atoms with Gasteiger partial charge in [-0.2, -0.15) is 10.2 Å². The first-order valence-electron chi connectivity index (χ1n) is 8.55. The van der Waals surface area contributed by atoms with Gasteiger partial charge in [-0.25, -0.2) is 0 Å². The molecule has 0 atom stereocenters. The van der Waals surface area contributed by atoms with Gasteiger partial charge in [0.1, 0.15) is 12.4 Å². The molecule has 0 fully saturated rings. The average molecular weight is 344 g/mol. The number of fused-ring (bicyclic) bond motifs is 2. The number of benzene rings is 2. The molecule has 3 aromatic rings. The van der Waals surface area contributed by atoms with E-state index in [1.54, 1.807) is 0 Å². The Kier molecular flexibility index (Phi) is 4.27. The Hall–Kier alpha value is -3.34. The zero-order valence-electron chi connectivity index (χ0n) is 14.6. The molecule has 2 aromatic carbocycles. The first kappa shape index (κ1) is 16.1. The highest BCUT2D eigenvalue weighted by Crippen LogP contribution is 2.29. The SMILES string of the molecule is C=NN/C(=C\C)c1ccc2c(c1)OCc1cc(-c3ccccc3)nn1C2. The van der Waals surface area contributed by atoms with Gasteiger partial charge in [-0.15, -0.1) is 0 Å². The summed E-state index contributed by atoms with van der Waals surface area (Å²) in [7, 11) is 0. The Morgan fingerprint density at radius 2 is 2.08 bits per heavy atom. The molecule has 4 rings (SSSR count). The molecule has 130 valence electrons. The number of rotatable bonds is 4. The van der Waals surface area contributed by atoms with Crippen LogP contribution in [0.5, 0.6) is 5.75 Å². The third-order valence-corrected chi connectivity index (χ3v) is 4.49. The second kappa shape index (κ2) is 6.88. The zero-order chi connectivity index (χ0) is 17.9. The van der Waals surface area contributed by atoms with Crippen molar-refractivity contribution in [3.05, 3.63) is 77.5 Å². The van der Waals surface area contributed by atoms with E-state index in [4.69, 9.17) is 9.84 Å². The lowest BCUT2D eigenvalue weighted by molar-refractivity contribution is 0.301. The van der Waals surface area contributed by atoms with Crippen molar-refractivity contribution in [3.63, 3.8) is 0 Å². The van der Waals surface area contributed by atoms with Gasteiger partial charge in [0.05, 0.1) is 23.6 Å². The number of hydrogen-bond acceptors (Lipinski definition) is 4. The monoisotopic (exact) mass is 344 g/mol. The highest BCUT2D eigenvalue weighted by molar-refractivity contribution is 5.66. The van der Waals surface area contributed by atoms with Crippen LogP contribution in [0.3, 0.4) is 0 Å². The van der Waals surface area contributed by atoms with E-state index in [0.29, 0.717) is 13.2 Å². The van der Waals surface area contributed by atoms with Crippen LogP contribution < -0.4 is 10.2 Å². The topological polar surface area (TPSA) is 51.4 Å². The van der Waals surface area contributed by atoms with Crippen LogP contribution in [0.4, 0.5) is 0 Å². The summed E-state index contributed by atoms with van der Waals surface area (Å²) in [6.45, 7) is 6.63. The van der Waals surface area contributed by atoms with Gasteiger partial charge in [0.15, 0.2) is 0 Å². The fourth-order valence-corrected chi connectivity index (χ4v) is 3.14. The van der Waals surface area contributed by atoms with Crippen LogP contribution in [0.25, 0.3) is 17.0 Å². The molecule has 0 saturated heterocycles. The quantitative estimate of drug-likeness (QED) is 0.574. The lowest BCUT2D eigenvalue weighted by atomic mass is 10.1. The van der Waals surface area contributed by atoms with Crippen molar-refractivity contribution >= 4 is 12.4 Å². The Morgan fingerprint density at radius 1 is 1.23 bits per heavy atom. The zero-order valence-corrected chi connectivity index (χ0v) is 14.6. The van der Waals surface area contributed by atoms with Crippen molar-refractivity contribution in [1.82, 2.24) is 15.2 Å². The van der Waals surface area contributed by atoms with Crippen LogP contribution >= 0.6 is 0 Å². The van der Waals surface area contributed by atoms with Crippen molar-refractivity contribution in [2.24, 2.45) is 5.10 Å². The van der Waals surface area contributed by atoms with Crippen LogP contribution in [0.2, 0.25) is 0 Å². The van der Waals surface area contributed by atoms with Crippen molar-refractivity contribution in [3.8, 4) is 17.0 Å². The van der Waals surface area contributed by atoms with Gasteiger partial charge in [-0.05, 0) is 19.1 Å². The molecule has 1 N–H and O–H groups in total. The third kappa shape index (κ3) is 2.99. The summed E-state index contributed by atoms with van der Waals surface area (Å²) in [6.07, 6.45) is 1.96. The molecule has 1 aliphatic rings. The van der Waals surface area contributed by atoms with Crippen LogP contribution in [0.15, 0.2) is 65.8 Å². The van der Waals surface area contributed by atoms with E-state index in [1.165, 1.54) is 0 Å². The first-order chi connectivity index (χ1) is 12.8. The molecule has 0 aliphatic carbocycles. The normalized spacial score (nSPS) is 13.2. The molecule has 0 amide bonds. The Balaban J connectivity index is 1.65. The fraction of sp³-hybridized carbons (Fsp3) is 0.143. The molecule has 2 heterocycles. The summed E-state index contributed by atoms with van der Waals surface area (Å²) in [5.41, 5.74) is 9.10. The summed E-state index contributed by atoms with van der Waals surface area (Å²) in [5, 5.41) is 8.53. The van der Waals surface area contributed by atoms with Crippen LogP contribution in [-0.2, 0) is 13.2 Å². The Labute approximate surface area is 152 Å². The van der Waals surface area contributed by atoms with Gasteiger partial charge in [-0.1, -0.05) is 48.5 Å². The maximum absolute atomic E-state index is 6.08. The smallest absolute Gasteiger partial charge is 0.130 e. The maximum Gasteiger partial charge on any atom is 0.130 e. The number of hydrazone groups is 1. The molecule has 1 aliphatic heterocycles. The van der Waals surface area contributed by atoms with Crippen molar-refractivity contribution < 1.29 is 4.74 Å². The molecule has 0 saturated carbocycles. The molecular weight excluding hydrogens is 324 g/mol. The van der Waals surface area contributed by atoms with Crippen LogP contribution in [0.1, 0.15) is 23.7 Å². The molecule has 5 nitrogen and oxygen atoms in total. The molecule has 0 bridgehead atoms. The van der Waals surface area contributed by atoms with Gasteiger partial charge in [0.2, 0.25) is 0 Å². The summed E-state index contributed by atoms with van der Waals surface area (Å²) in [4.78, 5) is 0. The third-order valence-electron chi connectivity index (χ3n) is 4.49. The van der Waals surface area contributed by atoms with E-state index < -0.39 is 0 Å². The number of aromatic nitrogens is 2. The number of nitrogens with one attached hydrogen (secondary N) is 1. The lowest BCUT2D eigenvalue weighted by Gasteiger charge is -2.11. The summed E-state index contributed by atoms with van der Waals surface area (Å²) in [5.74, 6) is 0.875. The van der Waals surface area contributed by atoms with E-state index in [2.05, 4.69) is 47.6 Å². The van der Waals surface area contributed by atoms with Crippen molar-refractivity contribution in [2.45, 2.75) is 20.1 Å². The van der Waals surface area contributed by atoms with E-state index in [0.717, 1.165) is 39.5 Å². The number of allylic oxidation sites excluding steroid dienone is 1. The molecule has 0 radical (unpaired) electrons. The highest BCUT2D eigenvalue weighted by Gasteiger charge is 2.18. The van der Waals surface area contributed by atoms with E-state index in [9.17, 15) is 0 Å². The minimum atomic E-state index is 0.495. The van der Waals surface area contributed by atoms with Crippen LogP contribution in [0, 0.1) is 0 Å². The van der Waals surface area contributed by atoms with Gasteiger partial charge in [0, 0.05) is 23.4 Å². The fourth-order valence-electron chi connectivity index (χ4n) is 3.14. The van der Waals surface area contributed by atoms with E-state index >= 15 is 0 Å². The standard InChI is InChI=1S/C21H20N4O/c1-3-19(23-22-2)16-9-10-17-13-25-18(14-26-21(17)11-16)12-20(24-25)15-7-5-4-6-8-15/h3-12,23H,2,13-14H2,1H3/b19-3-. The van der Waals surface area contributed by atoms with Gasteiger partial charge in [-0.3, -0.25) is 10.1 Å².